The van der Waals surface area contributed by atoms with Gasteiger partial charge in [0.15, 0.2) is 0 Å². The summed E-state index contributed by atoms with van der Waals surface area (Å²) in [5.74, 6) is -2.75. The average Bonchev–Trinajstić information content (AvgIpc) is 2.42. The molecule has 0 amide bonds. The lowest BCUT2D eigenvalue weighted by Crippen LogP contribution is -2.17. The normalized spacial score (nSPS) is 12.6. The molecule has 122 valence electrons. The van der Waals surface area contributed by atoms with E-state index in [1.807, 2.05) is 0 Å². The van der Waals surface area contributed by atoms with Crippen LogP contribution in [0.2, 0.25) is 0 Å². The van der Waals surface area contributed by atoms with E-state index in [2.05, 4.69) is 19.1 Å². The number of rotatable bonds is 14. The van der Waals surface area contributed by atoms with Gasteiger partial charge in [-0.2, -0.15) is 0 Å². The summed E-state index contributed by atoms with van der Waals surface area (Å²) in [6.07, 6.45) is 14.8. The van der Waals surface area contributed by atoms with Crippen molar-refractivity contribution in [2.24, 2.45) is 5.92 Å². The molecular weight excluding hydrogens is 268 g/mol. The summed E-state index contributed by atoms with van der Waals surface area (Å²) in [4.78, 5) is 21.4. The topological polar surface area (TPSA) is 74.6 Å². The second-order valence-corrected chi connectivity index (χ2v) is 5.56. The number of hydrogen-bond acceptors (Lipinski definition) is 2. The third kappa shape index (κ3) is 13.4. The minimum Gasteiger partial charge on any atom is -0.481 e. The Morgan fingerprint density at radius 3 is 2.00 bits per heavy atom. The summed E-state index contributed by atoms with van der Waals surface area (Å²) < 4.78 is 0. The molecule has 1 atom stereocenters. The highest BCUT2D eigenvalue weighted by Crippen LogP contribution is 2.16. The predicted molar refractivity (Wildman–Crippen MR) is 84.4 cm³/mol. The second kappa shape index (κ2) is 13.7. The van der Waals surface area contributed by atoms with E-state index in [0.29, 0.717) is 6.42 Å². The SMILES string of the molecule is CC/C=C/CCCCCCCCCC(CC(=O)O)C(=O)O. The van der Waals surface area contributed by atoms with Gasteiger partial charge in [-0.15, -0.1) is 0 Å². The van der Waals surface area contributed by atoms with Gasteiger partial charge in [-0.3, -0.25) is 9.59 Å². The van der Waals surface area contributed by atoms with E-state index in [1.54, 1.807) is 0 Å². The Morgan fingerprint density at radius 2 is 1.48 bits per heavy atom. The zero-order valence-corrected chi connectivity index (χ0v) is 13.2. The van der Waals surface area contributed by atoms with Crippen molar-refractivity contribution < 1.29 is 19.8 Å². The first kappa shape index (κ1) is 19.7. The molecular formula is C17H30O4. The highest BCUT2D eigenvalue weighted by molar-refractivity contribution is 5.77. The maximum absolute atomic E-state index is 10.9. The van der Waals surface area contributed by atoms with Crippen LogP contribution in [0.5, 0.6) is 0 Å². The maximum atomic E-state index is 10.9. The molecule has 4 heteroatoms. The fraction of sp³-hybridized carbons (Fsp3) is 0.765. The van der Waals surface area contributed by atoms with Gasteiger partial charge in [0.1, 0.15) is 0 Å². The maximum Gasteiger partial charge on any atom is 0.307 e. The highest BCUT2D eigenvalue weighted by Gasteiger charge is 2.19. The van der Waals surface area contributed by atoms with Crippen molar-refractivity contribution in [3.63, 3.8) is 0 Å². The Morgan fingerprint density at radius 1 is 0.905 bits per heavy atom. The first-order chi connectivity index (χ1) is 10.1. The Balaban J connectivity index is 3.43. The number of allylic oxidation sites excluding steroid dienone is 2. The minimum absolute atomic E-state index is 0.263. The fourth-order valence-electron chi connectivity index (χ4n) is 2.34. The van der Waals surface area contributed by atoms with Crippen LogP contribution in [0.4, 0.5) is 0 Å². The van der Waals surface area contributed by atoms with Crippen LogP contribution >= 0.6 is 0 Å². The Hall–Kier alpha value is -1.32. The lowest BCUT2D eigenvalue weighted by atomic mass is 9.97. The molecule has 0 heterocycles. The van der Waals surface area contributed by atoms with Gasteiger partial charge in [-0.05, 0) is 25.7 Å². The average molecular weight is 298 g/mol. The van der Waals surface area contributed by atoms with E-state index in [1.165, 1.54) is 32.1 Å². The van der Waals surface area contributed by atoms with E-state index < -0.39 is 17.9 Å². The lowest BCUT2D eigenvalue weighted by Gasteiger charge is -2.09. The van der Waals surface area contributed by atoms with Crippen molar-refractivity contribution in [3.8, 4) is 0 Å². The minimum atomic E-state index is -1.03. The molecule has 0 aliphatic carbocycles. The van der Waals surface area contributed by atoms with Gasteiger partial charge in [0.25, 0.3) is 0 Å². The molecule has 0 fully saturated rings. The fourth-order valence-corrected chi connectivity index (χ4v) is 2.34. The van der Waals surface area contributed by atoms with Crippen molar-refractivity contribution in [2.75, 3.05) is 0 Å². The Kier molecular flexibility index (Phi) is 12.8. The molecule has 21 heavy (non-hydrogen) atoms. The molecule has 0 aliphatic heterocycles. The van der Waals surface area contributed by atoms with Gasteiger partial charge in [0.2, 0.25) is 0 Å². The third-order valence-corrected chi connectivity index (χ3v) is 3.60. The van der Waals surface area contributed by atoms with Crippen LogP contribution in [0.1, 0.15) is 77.6 Å². The zero-order chi connectivity index (χ0) is 15.9. The smallest absolute Gasteiger partial charge is 0.307 e. The van der Waals surface area contributed by atoms with Crippen molar-refractivity contribution in [2.45, 2.75) is 77.6 Å². The standard InChI is InChI=1S/C17H30O4/c1-2-3-4-5-6-7-8-9-10-11-12-13-15(17(20)21)14-16(18)19/h3-4,15H,2,5-14H2,1H3,(H,18,19)(H,20,21)/b4-3+. The summed E-state index contributed by atoms with van der Waals surface area (Å²) in [5.41, 5.74) is 0. The quantitative estimate of drug-likeness (QED) is 0.362. The van der Waals surface area contributed by atoms with Gasteiger partial charge < -0.3 is 10.2 Å². The van der Waals surface area contributed by atoms with Crippen LogP contribution in [0.25, 0.3) is 0 Å². The molecule has 0 aliphatic rings. The Labute approximate surface area is 128 Å². The van der Waals surface area contributed by atoms with Crippen molar-refractivity contribution in [1.29, 1.82) is 0 Å². The first-order valence-electron chi connectivity index (χ1n) is 8.17. The summed E-state index contributed by atoms with van der Waals surface area (Å²) >= 11 is 0. The van der Waals surface area contributed by atoms with Crippen LogP contribution in [0.15, 0.2) is 12.2 Å². The van der Waals surface area contributed by atoms with Crippen molar-refractivity contribution >= 4 is 11.9 Å². The van der Waals surface area contributed by atoms with Gasteiger partial charge in [0, 0.05) is 0 Å². The number of aliphatic carboxylic acids is 2. The van der Waals surface area contributed by atoms with Gasteiger partial charge in [0.05, 0.1) is 12.3 Å². The third-order valence-electron chi connectivity index (χ3n) is 3.60. The molecule has 0 spiro atoms. The largest absolute Gasteiger partial charge is 0.481 e. The summed E-state index contributed by atoms with van der Waals surface area (Å²) in [5, 5.41) is 17.6. The number of carboxylic acids is 2. The summed E-state index contributed by atoms with van der Waals surface area (Å²) in [6, 6.07) is 0. The zero-order valence-electron chi connectivity index (χ0n) is 13.2. The molecule has 0 aromatic rings. The molecule has 0 saturated heterocycles. The van der Waals surface area contributed by atoms with Crippen LogP contribution in [0, 0.1) is 5.92 Å². The second-order valence-electron chi connectivity index (χ2n) is 5.56. The summed E-state index contributed by atoms with van der Waals surface area (Å²) in [6.45, 7) is 2.14. The van der Waals surface area contributed by atoms with E-state index in [4.69, 9.17) is 10.2 Å². The molecule has 0 aromatic heterocycles. The van der Waals surface area contributed by atoms with E-state index >= 15 is 0 Å². The number of carbonyl (C=O) groups is 2. The van der Waals surface area contributed by atoms with Gasteiger partial charge in [-0.25, -0.2) is 0 Å². The van der Waals surface area contributed by atoms with E-state index in [9.17, 15) is 9.59 Å². The van der Waals surface area contributed by atoms with Crippen molar-refractivity contribution in [3.05, 3.63) is 12.2 Å². The molecule has 0 aromatic carbocycles. The molecule has 0 radical (unpaired) electrons. The Bertz CT molecular complexity index is 310. The monoisotopic (exact) mass is 298 g/mol. The van der Waals surface area contributed by atoms with Crippen molar-refractivity contribution in [1.82, 2.24) is 0 Å². The van der Waals surface area contributed by atoms with Gasteiger partial charge >= 0.3 is 11.9 Å². The highest BCUT2D eigenvalue weighted by atomic mass is 16.4. The van der Waals surface area contributed by atoms with E-state index in [0.717, 1.165) is 25.7 Å². The molecule has 0 bridgehead atoms. The molecule has 0 saturated carbocycles. The number of unbranched alkanes of at least 4 members (excludes halogenated alkanes) is 7. The van der Waals surface area contributed by atoms with Crippen LogP contribution in [0.3, 0.4) is 0 Å². The molecule has 0 rings (SSSR count). The number of carboxylic acid groups (broad SMARTS) is 2. The first-order valence-corrected chi connectivity index (χ1v) is 8.17. The van der Waals surface area contributed by atoms with Crippen LogP contribution < -0.4 is 0 Å². The van der Waals surface area contributed by atoms with Gasteiger partial charge in [-0.1, -0.05) is 57.6 Å². The molecule has 1 unspecified atom stereocenters. The lowest BCUT2D eigenvalue weighted by molar-refractivity contribution is -0.148. The molecule has 2 N–H and O–H groups in total. The number of hydrogen-bond donors (Lipinski definition) is 2. The summed E-state index contributed by atoms with van der Waals surface area (Å²) in [7, 11) is 0. The molecule has 4 nitrogen and oxygen atoms in total. The van der Waals surface area contributed by atoms with E-state index in [-0.39, 0.29) is 6.42 Å². The van der Waals surface area contributed by atoms with Crippen LogP contribution in [-0.4, -0.2) is 22.2 Å². The predicted octanol–water partition coefficient (Wildman–Crippen LogP) is 4.64. The van der Waals surface area contributed by atoms with Crippen LogP contribution in [-0.2, 0) is 9.59 Å².